The fourth-order valence-electron chi connectivity index (χ4n) is 1.78. The van der Waals surface area contributed by atoms with Crippen LogP contribution in [-0.2, 0) is 6.54 Å². The van der Waals surface area contributed by atoms with Crippen LogP contribution >= 0.6 is 0 Å². The first kappa shape index (κ1) is 17.5. The number of hydrogen-bond donors (Lipinski definition) is 2. The summed E-state index contributed by atoms with van der Waals surface area (Å²) in [4.78, 5) is 1.15. The zero-order chi connectivity index (χ0) is 15.7. The Bertz CT molecular complexity index is 474. The highest BCUT2D eigenvalue weighted by Crippen LogP contribution is 2.18. The normalized spacial score (nSPS) is 11.3. The van der Waals surface area contributed by atoms with Gasteiger partial charge in [-0.1, -0.05) is 24.0 Å². The Morgan fingerprint density at radius 2 is 1.71 bits per heavy atom. The van der Waals surface area contributed by atoms with E-state index >= 15 is 0 Å². The molecule has 0 aliphatic carbocycles. The molecule has 0 bridgehead atoms. The summed E-state index contributed by atoms with van der Waals surface area (Å²) in [5.74, 6) is 5.62. The lowest BCUT2D eigenvalue weighted by Gasteiger charge is -2.22. The Labute approximate surface area is 122 Å². The Morgan fingerprint density at radius 1 is 1.05 bits per heavy atom. The Hall–Kier alpha value is -1.55. The number of benzene rings is 1. The van der Waals surface area contributed by atoms with Gasteiger partial charge in [-0.05, 0) is 17.7 Å². The van der Waals surface area contributed by atoms with E-state index in [-0.39, 0.29) is 26.3 Å². The average molecular weight is 301 g/mol. The van der Waals surface area contributed by atoms with Crippen molar-refractivity contribution in [3.63, 3.8) is 0 Å². The zero-order valence-corrected chi connectivity index (χ0v) is 11.5. The van der Waals surface area contributed by atoms with Gasteiger partial charge in [0, 0.05) is 25.1 Å². The predicted molar refractivity (Wildman–Crippen MR) is 73.4 cm³/mol. The van der Waals surface area contributed by atoms with Crippen LogP contribution in [0.2, 0.25) is 0 Å². The van der Waals surface area contributed by atoms with E-state index in [2.05, 4.69) is 11.8 Å². The van der Waals surface area contributed by atoms with Crippen LogP contribution in [0, 0.1) is 11.8 Å². The minimum absolute atomic E-state index is 0.00134. The third-order valence-corrected chi connectivity index (χ3v) is 2.65. The standard InChI is InChI=1S/C15H18F3NO2/c16-15(17,18)12-19(8-10-21)11-14-6-4-13(5-7-14)3-1-2-9-20/h4-7,20-21H,2,8-12H2. The molecule has 0 amide bonds. The highest BCUT2D eigenvalue weighted by atomic mass is 19.4. The van der Waals surface area contributed by atoms with Crippen LogP contribution < -0.4 is 0 Å². The summed E-state index contributed by atoms with van der Waals surface area (Å²) in [6, 6.07) is 6.88. The van der Waals surface area contributed by atoms with Crippen molar-refractivity contribution in [2.45, 2.75) is 19.1 Å². The molecule has 1 rings (SSSR count). The van der Waals surface area contributed by atoms with Crippen molar-refractivity contribution in [3.8, 4) is 11.8 Å². The minimum atomic E-state index is -4.29. The third-order valence-electron chi connectivity index (χ3n) is 2.65. The summed E-state index contributed by atoms with van der Waals surface area (Å²) < 4.78 is 37.2. The van der Waals surface area contributed by atoms with Crippen molar-refractivity contribution in [2.24, 2.45) is 0 Å². The van der Waals surface area contributed by atoms with Gasteiger partial charge in [-0.3, -0.25) is 4.90 Å². The van der Waals surface area contributed by atoms with Crippen LogP contribution in [0.4, 0.5) is 13.2 Å². The van der Waals surface area contributed by atoms with Crippen molar-refractivity contribution >= 4 is 0 Å². The van der Waals surface area contributed by atoms with Gasteiger partial charge in [0.05, 0.1) is 19.8 Å². The fraction of sp³-hybridized carbons (Fsp3) is 0.467. The van der Waals surface area contributed by atoms with Crippen molar-refractivity contribution in [3.05, 3.63) is 35.4 Å². The molecule has 1 aromatic carbocycles. The molecular formula is C15H18F3NO2. The van der Waals surface area contributed by atoms with Gasteiger partial charge < -0.3 is 10.2 Å². The molecule has 116 valence electrons. The molecule has 0 saturated carbocycles. The molecule has 0 atom stereocenters. The summed E-state index contributed by atoms with van der Waals surface area (Å²) in [5.41, 5.74) is 1.47. The lowest BCUT2D eigenvalue weighted by Crippen LogP contribution is -2.35. The van der Waals surface area contributed by atoms with Crippen LogP contribution in [0.3, 0.4) is 0 Å². The molecule has 0 aliphatic rings. The summed E-state index contributed by atoms with van der Waals surface area (Å²) in [7, 11) is 0. The molecule has 2 N–H and O–H groups in total. The van der Waals surface area contributed by atoms with E-state index < -0.39 is 12.7 Å². The van der Waals surface area contributed by atoms with E-state index in [9.17, 15) is 13.2 Å². The number of alkyl halides is 3. The molecule has 0 aliphatic heterocycles. The number of hydrogen-bond acceptors (Lipinski definition) is 3. The molecule has 0 aromatic heterocycles. The molecule has 0 unspecified atom stereocenters. The second-order valence-corrected chi connectivity index (χ2v) is 4.52. The van der Waals surface area contributed by atoms with E-state index in [1.165, 1.54) is 0 Å². The van der Waals surface area contributed by atoms with Gasteiger partial charge in [0.25, 0.3) is 0 Å². The second-order valence-electron chi connectivity index (χ2n) is 4.52. The maximum Gasteiger partial charge on any atom is 0.401 e. The summed E-state index contributed by atoms with van der Waals surface area (Å²) in [5, 5.41) is 17.4. The molecule has 21 heavy (non-hydrogen) atoms. The van der Waals surface area contributed by atoms with E-state index in [1.807, 2.05) is 0 Å². The monoisotopic (exact) mass is 301 g/mol. The molecular weight excluding hydrogens is 283 g/mol. The molecule has 0 fully saturated rings. The summed E-state index contributed by atoms with van der Waals surface area (Å²) in [6.45, 7) is -1.28. The lowest BCUT2D eigenvalue weighted by atomic mass is 10.1. The first-order valence-electron chi connectivity index (χ1n) is 6.53. The van der Waals surface area contributed by atoms with E-state index in [4.69, 9.17) is 10.2 Å². The zero-order valence-electron chi connectivity index (χ0n) is 11.5. The van der Waals surface area contributed by atoms with E-state index in [0.717, 1.165) is 16.0 Å². The molecule has 0 heterocycles. The molecule has 0 saturated heterocycles. The summed E-state index contributed by atoms with van der Waals surface area (Å²) in [6.07, 6.45) is -3.90. The quantitative estimate of drug-likeness (QED) is 0.787. The average Bonchev–Trinajstić information content (AvgIpc) is 2.39. The molecule has 0 spiro atoms. The highest BCUT2D eigenvalue weighted by molar-refractivity contribution is 5.36. The molecule has 6 heteroatoms. The lowest BCUT2D eigenvalue weighted by molar-refractivity contribution is -0.147. The smallest absolute Gasteiger partial charge is 0.395 e. The van der Waals surface area contributed by atoms with Crippen LogP contribution in [0.25, 0.3) is 0 Å². The Morgan fingerprint density at radius 3 is 2.24 bits per heavy atom. The van der Waals surface area contributed by atoms with Crippen molar-refractivity contribution in [1.82, 2.24) is 4.90 Å². The van der Waals surface area contributed by atoms with Gasteiger partial charge in [-0.2, -0.15) is 13.2 Å². The van der Waals surface area contributed by atoms with E-state index in [0.29, 0.717) is 6.42 Å². The number of nitrogens with zero attached hydrogens (tertiary/aromatic N) is 1. The van der Waals surface area contributed by atoms with Crippen LogP contribution in [0.5, 0.6) is 0 Å². The summed E-state index contributed by atoms with van der Waals surface area (Å²) >= 11 is 0. The van der Waals surface area contributed by atoms with Gasteiger partial charge in [-0.25, -0.2) is 0 Å². The minimum Gasteiger partial charge on any atom is -0.395 e. The van der Waals surface area contributed by atoms with Gasteiger partial charge in [-0.15, -0.1) is 0 Å². The van der Waals surface area contributed by atoms with Crippen LogP contribution in [0.15, 0.2) is 24.3 Å². The maximum absolute atomic E-state index is 12.4. The highest BCUT2D eigenvalue weighted by Gasteiger charge is 2.30. The van der Waals surface area contributed by atoms with Gasteiger partial charge in [0.1, 0.15) is 0 Å². The van der Waals surface area contributed by atoms with Gasteiger partial charge in [0.2, 0.25) is 0 Å². The van der Waals surface area contributed by atoms with Crippen molar-refractivity contribution < 1.29 is 23.4 Å². The second kappa shape index (κ2) is 8.67. The maximum atomic E-state index is 12.4. The molecule has 3 nitrogen and oxygen atoms in total. The topological polar surface area (TPSA) is 43.7 Å². The van der Waals surface area contributed by atoms with Crippen LogP contribution in [-0.4, -0.2) is 47.6 Å². The number of halogens is 3. The van der Waals surface area contributed by atoms with E-state index in [1.54, 1.807) is 24.3 Å². The Kier molecular flexibility index (Phi) is 7.23. The van der Waals surface area contributed by atoms with Gasteiger partial charge in [0.15, 0.2) is 0 Å². The SMILES string of the molecule is OCCC#Cc1ccc(CN(CCO)CC(F)(F)F)cc1. The first-order valence-corrected chi connectivity index (χ1v) is 6.53. The number of aliphatic hydroxyl groups excluding tert-OH is 2. The number of aliphatic hydroxyl groups is 2. The molecule has 1 aromatic rings. The van der Waals surface area contributed by atoms with Gasteiger partial charge >= 0.3 is 6.18 Å². The third kappa shape index (κ3) is 7.71. The largest absolute Gasteiger partial charge is 0.401 e. The number of rotatable bonds is 6. The van der Waals surface area contributed by atoms with Crippen LogP contribution in [0.1, 0.15) is 17.5 Å². The molecule has 0 radical (unpaired) electrons. The predicted octanol–water partition coefficient (Wildman–Crippen LogP) is 1.78. The first-order chi connectivity index (χ1) is 9.94. The van der Waals surface area contributed by atoms with Crippen molar-refractivity contribution in [1.29, 1.82) is 0 Å². The fourth-order valence-corrected chi connectivity index (χ4v) is 1.78. The van der Waals surface area contributed by atoms with Crippen molar-refractivity contribution in [2.75, 3.05) is 26.3 Å². The Balaban J connectivity index is 2.66.